The summed E-state index contributed by atoms with van der Waals surface area (Å²) in [4.78, 5) is 0. The number of hydrogen-bond donors (Lipinski definition) is 1. The second-order valence-corrected chi connectivity index (χ2v) is 6.47. The van der Waals surface area contributed by atoms with Crippen molar-refractivity contribution in [1.82, 2.24) is 4.57 Å². The smallest absolute Gasteiger partial charge is 0.154 e. The molecule has 1 aromatic carbocycles. The fourth-order valence-electron chi connectivity index (χ4n) is 1.98. The summed E-state index contributed by atoms with van der Waals surface area (Å²) in [6.07, 6.45) is 1.76. The third kappa shape index (κ3) is 2.15. The fourth-order valence-corrected chi connectivity index (χ4v) is 2.89. The first-order chi connectivity index (χ1) is 7.94. The van der Waals surface area contributed by atoms with E-state index in [-0.39, 0.29) is 17.3 Å². The van der Waals surface area contributed by atoms with Crippen LogP contribution >= 0.6 is 0 Å². The Balaban J connectivity index is 2.61. The van der Waals surface area contributed by atoms with Gasteiger partial charge in [0, 0.05) is 24.4 Å². The van der Waals surface area contributed by atoms with Gasteiger partial charge in [-0.15, -0.1) is 0 Å². The summed E-state index contributed by atoms with van der Waals surface area (Å²) in [5.74, 6) is 0.317. The highest BCUT2D eigenvalue weighted by Crippen LogP contribution is 2.29. The molecular weight excluding hydrogens is 238 g/mol. The molecule has 0 atom stereocenters. The lowest BCUT2D eigenvalue weighted by atomic mass is 10.2. The maximum atomic E-state index is 11.6. The molecule has 0 bridgehead atoms. The number of sulfone groups is 1. The lowest BCUT2D eigenvalue weighted by Gasteiger charge is -2.00. The zero-order chi connectivity index (χ0) is 12.6. The molecule has 0 aliphatic heterocycles. The number of phenols is 1. The van der Waals surface area contributed by atoms with Gasteiger partial charge in [0.25, 0.3) is 0 Å². The van der Waals surface area contributed by atoms with Crippen molar-refractivity contribution in [3.05, 3.63) is 30.0 Å². The lowest BCUT2D eigenvalue weighted by molar-refractivity contribution is 0.479. The van der Waals surface area contributed by atoms with Gasteiger partial charge in [-0.05, 0) is 11.6 Å². The van der Waals surface area contributed by atoms with Crippen LogP contribution in [0.5, 0.6) is 5.75 Å². The van der Waals surface area contributed by atoms with Gasteiger partial charge in [0.05, 0.1) is 11.3 Å². The molecule has 0 spiro atoms. The van der Waals surface area contributed by atoms with Crippen molar-refractivity contribution in [2.75, 3.05) is 5.75 Å². The van der Waals surface area contributed by atoms with Crippen molar-refractivity contribution < 1.29 is 13.5 Å². The first-order valence-corrected chi connectivity index (χ1v) is 7.23. The standard InChI is InChI=1S/C12H15NO3S/c1-3-17(15,16)8-9-7-13(2)12-10(9)5-4-6-11(12)14/h4-7,14H,3,8H2,1-2H3. The van der Waals surface area contributed by atoms with Crippen LogP contribution in [0.15, 0.2) is 24.4 Å². The van der Waals surface area contributed by atoms with E-state index in [1.165, 1.54) is 0 Å². The van der Waals surface area contributed by atoms with E-state index in [2.05, 4.69) is 0 Å². The summed E-state index contributed by atoms with van der Waals surface area (Å²) < 4.78 is 25.0. The van der Waals surface area contributed by atoms with Crippen LogP contribution in [0.25, 0.3) is 10.9 Å². The number of hydrogen-bond acceptors (Lipinski definition) is 3. The fraction of sp³-hybridized carbons (Fsp3) is 0.333. The van der Waals surface area contributed by atoms with Crippen LogP contribution in [0.4, 0.5) is 0 Å². The normalized spacial score (nSPS) is 12.1. The van der Waals surface area contributed by atoms with Crippen molar-refractivity contribution >= 4 is 20.7 Å². The van der Waals surface area contributed by atoms with E-state index < -0.39 is 9.84 Å². The van der Waals surface area contributed by atoms with Crippen LogP contribution in [0.3, 0.4) is 0 Å². The molecule has 1 N–H and O–H groups in total. The Morgan fingerprint density at radius 2 is 2.06 bits per heavy atom. The topological polar surface area (TPSA) is 59.3 Å². The highest BCUT2D eigenvalue weighted by Gasteiger charge is 2.15. The molecule has 2 aromatic rings. The number of aromatic nitrogens is 1. The number of aromatic hydroxyl groups is 1. The minimum Gasteiger partial charge on any atom is -0.506 e. The summed E-state index contributed by atoms with van der Waals surface area (Å²) in [5, 5.41) is 10.5. The average Bonchev–Trinajstić information content (AvgIpc) is 2.56. The molecule has 0 unspecified atom stereocenters. The van der Waals surface area contributed by atoms with E-state index in [0.29, 0.717) is 5.52 Å². The summed E-state index contributed by atoms with van der Waals surface area (Å²) in [6, 6.07) is 5.15. The molecule has 5 heteroatoms. The van der Waals surface area contributed by atoms with E-state index in [1.54, 1.807) is 36.9 Å². The monoisotopic (exact) mass is 253 g/mol. The second-order valence-electron chi connectivity index (χ2n) is 4.12. The van der Waals surface area contributed by atoms with E-state index in [4.69, 9.17) is 0 Å². The Bertz CT molecular complexity index is 656. The molecule has 0 amide bonds. The van der Waals surface area contributed by atoms with Crippen LogP contribution in [0.1, 0.15) is 12.5 Å². The molecule has 1 aromatic heterocycles. The summed E-state index contributed by atoms with van der Waals surface area (Å²) in [7, 11) is -1.26. The van der Waals surface area contributed by atoms with Crippen molar-refractivity contribution in [2.45, 2.75) is 12.7 Å². The van der Waals surface area contributed by atoms with Crippen molar-refractivity contribution in [2.24, 2.45) is 7.05 Å². The minimum absolute atomic E-state index is 0.0181. The lowest BCUT2D eigenvalue weighted by Crippen LogP contribution is -2.06. The van der Waals surface area contributed by atoms with Gasteiger partial charge in [-0.2, -0.15) is 0 Å². The molecule has 17 heavy (non-hydrogen) atoms. The van der Waals surface area contributed by atoms with Gasteiger partial charge in [-0.3, -0.25) is 0 Å². The Labute approximate surface area is 100 Å². The number of phenolic OH excluding ortho intramolecular Hbond substituents is 1. The Morgan fingerprint density at radius 3 is 2.71 bits per heavy atom. The SMILES string of the molecule is CCS(=O)(=O)Cc1cn(C)c2c(O)cccc12. The highest BCUT2D eigenvalue weighted by atomic mass is 32.2. The number of para-hydroxylation sites is 1. The van der Waals surface area contributed by atoms with Crippen LogP contribution in [-0.2, 0) is 22.6 Å². The van der Waals surface area contributed by atoms with Crippen LogP contribution < -0.4 is 0 Å². The number of fused-ring (bicyclic) bond motifs is 1. The molecule has 0 saturated heterocycles. The van der Waals surface area contributed by atoms with Gasteiger partial charge in [-0.1, -0.05) is 19.1 Å². The first-order valence-electron chi connectivity index (χ1n) is 5.41. The second kappa shape index (κ2) is 4.07. The molecule has 92 valence electrons. The molecule has 0 radical (unpaired) electrons. The van der Waals surface area contributed by atoms with Crippen LogP contribution in [0, 0.1) is 0 Å². The number of nitrogens with zero attached hydrogens (tertiary/aromatic N) is 1. The number of benzene rings is 1. The zero-order valence-corrected chi connectivity index (χ0v) is 10.7. The highest BCUT2D eigenvalue weighted by molar-refractivity contribution is 7.90. The van der Waals surface area contributed by atoms with Gasteiger partial charge >= 0.3 is 0 Å². The zero-order valence-electron chi connectivity index (χ0n) is 9.84. The first kappa shape index (κ1) is 12.0. The predicted molar refractivity (Wildman–Crippen MR) is 67.7 cm³/mol. The number of rotatable bonds is 3. The third-order valence-corrected chi connectivity index (χ3v) is 4.51. The van der Waals surface area contributed by atoms with Crippen molar-refractivity contribution in [3.8, 4) is 5.75 Å². The predicted octanol–water partition coefficient (Wildman–Crippen LogP) is 1.82. The van der Waals surface area contributed by atoms with Crippen LogP contribution in [-0.4, -0.2) is 23.8 Å². The van der Waals surface area contributed by atoms with Gasteiger partial charge in [0.2, 0.25) is 0 Å². The van der Waals surface area contributed by atoms with Gasteiger partial charge in [0.15, 0.2) is 9.84 Å². The largest absolute Gasteiger partial charge is 0.506 e. The number of aryl methyl sites for hydroxylation is 1. The maximum absolute atomic E-state index is 11.6. The molecular formula is C12H15NO3S. The minimum atomic E-state index is -3.06. The molecule has 2 rings (SSSR count). The van der Waals surface area contributed by atoms with E-state index in [0.717, 1.165) is 10.9 Å². The molecule has 4 nitrogen and oxygen atoms in total. The summed E-state index contributed by atoms with van der Waals surface area (Å²) in [5.41, 5.74) is 1.41. The van der Waals surface area contributed by atoms with Crippen molar-refractivity contribution in [1.29, 1.82) is 0 Å². The quantitative estimate of drug-likeness (QED) is 0.907. The van der Waals surface area contributed by atoms with Gasteiger partial charge < -0.3 is 9.67 Å². The Hall–Kier alpha value is -1.49. The van der Waals surface area contributed by atoms with E-state index in [1.807, 2.05) is 6.07 Å². The molecule has 0 saturated carbocycles. The molecule has 0 aliphatic carbocycles. The Kier molecular flexibility index (Phi) is 2.87. The van der Waals surface area contributed by atoms with E-state index in [9.17, 15) is 13.5 Å². The Morgan fingerprint density at radius 1 is 1.35 bits per heavy atom. The summed E-state index contributed by atoms with van der Waals surface area (Å²) in [6.45, 7) is 1.64. The molecule has 1 heterocycles. The van der Waals surface area contributed by atoms with Gasteiger partial charge in [0.1, 0.15) is 5.75 Å². The average molecular weight is 253 g/mol. The van der Waals surface area contributed by atoms with Crippen molar-refractivity contribution in [3.63, 3.8) is 0 Å². The molecule has 0 aliphatic rings. The molecule has 0 fully saturated rings. The van der Waals surface area contributed by atoms with Crippen LogP contribution in [0.2, 0.25) is 0 Å². The van der Waals surface area contributed by atoms with Gasteiger partial charge in [-0.25, -0.2) is 8.42 Å². The maximum Gasteiger partial charge on any atom is 0.154 e. The van der Waals surface area contributed by atoms with E-state index >= 15 is 0 Å². The summed E-state index contributed by atoms with van der Waals surface area (Å²) >= 11 is 0. The third-order valence-electron chi connectivity index (χ3n) is 2.88.